The molecule has 0 aromatic rings. The Labute approximate surface area is 252 Å². The molecule has 0 unspecified atom stereocenters. The van der Waals surface area contributed by atoms with Gasteiger partial charge in [-0.2, -0.15) is 0 Å². The number of carboxylic acid groups (broad SMARTS) is 1. The number of carbonyl (C=O) groups is 3. The number of allylic oxidation sites excluding steroid dienone is 3. The first kappa shape index (κ1) is 35.1. The average Bonchev–Trinajstić information content (AvgIpc) is 2.92. The Balaban J connectivity index is 1.57. The molecule has 12 nitrogen and oxygen atoms in total. The van der Waals surface area contributed by atoms with Gasteiger partial charge in [0.2, 0.25) is 6.29 Å². The summed E-state index contributed by atoms with van der Waals surface area (Å²) in [5.41, 5.74) is 0.533. The summed E-state index contributed by atoms with van der Waals surface area (Å²) in [6.07, 6.45) is -4.12. The van der Waals surface area contributed by atoms with Crippen molar-refractivity contribution in [2.45, 2.75) is 122 Å². The van der Waals surface area contributed by atoms with Gasteiger partial charge in [0.05, 0.1) is 24.0 Å². The lowest BCUT2D eigenvalue weighted by Crippen LogP contribution is -2.60. The highest BCUT2D eigenvalue weighted by Gasteiger charge is 2.49. The van der Waals surface area contributed by atoms with Gasteiger partial charge in [-0.1, -0.05) is 39.0 Å². The van der Waals surface area contributed by atoms with E-state index >= 15 is 0 Å². The van der Waals surface area contributed by atoms with E-state index in [1.54, 1.807) is 0 Å². The molecule has 3 aliphatic rings. The number of aliphatic hydroxyl groups is 5. The maximum absolute atomic E-state index is 13.0. The zero-order valence-electron chi connectivity index (χ0n) is 25.5. The van der Waals surface area contributed by atoms with Gasteiger partial charge in [-0.05, 0) is 69.3 Å². The zero-order valence-corrected chi connectivity index (χ0v) is 25.5. The van der Waals surface area contributed by atoms with Crippen molar-refractivity contribution in [2.24, 2.45) is 29.1 Å². The molecule has 3 rings (SSSR count). The molecule has 1 saturated heterocycles. The van der Waals surface area contributed by atoms with Gasteiger partial charge in [0, 0.05) is 5.92 Å². The van der Waals surface area contributed by atoms with E-state index in [2.05, 4.69) is 32.1 Å². The zero-order chi connectivity index (χ0) is 32.2. The second-order valence-corrected chi connectivity index (χ2v) is 13.0. The summed E-state index contributed by atoms with van der Waals surface area (Å²) in [5, 5.41) is 60.0. The highest BCUT2D eigenvalue weighted by Crippen LogP contribution is 2.45. The molecule has 0 saturated carbocycles. The maximum Gasteiger partial charge on any atom is 0.335 e. The van der Waals surface area contributed by atoms with Crippen LogP contribution in [0.5, 0.6) is 0 Å². The summed E-state index contributed by atoms with van der Waals surface area (Å²) >= 11 is 0. The van der Waals surface area contributed by atoms with E-state index < -0.39 is 66.7 Å². The predicted molar refractivity (Wildman–Crippen MR) is 152 cm³/mol. The van der Waals surface area contributed by atoms with Crippen LogP contribution in [0.1, 0.15) is 73.1 Å². The monoisotopic (exact) mass is 612 g/mol. The van der Waals surface area contributed by atoms with Crippen LogP contribution in [0.4, 0.5) is 0 Å². The molecule has 0 spiro atoms. The Morgan fingerprint density at radius 2 is 1.72 bits per heavy atom. The summed E-state index contributed by atoms with van der Waals surface area (Å²) in [7, 11) is 0. The number of fused-ring (bicyclic) bond motifs is 1. The minimum Gasteiger partial charge on any atom is -0.479 e. The summed E-state index contributed by atoms with van der Waals surface area (Å²) in [5.74, 6) is -2.43. The van der Waals surface area contributed by atoms with E-state index in [9.17, 15) is 39.9 Å². The third-order valence-corrected chi connectivity index (χ3v) is 9.13. The standard InChI is InChI=1S/C31H48O12/c1-6-31(4,5)30(40)41-21-12-15(2)11-17-8-7-16(3)20(23(17)21)10-9-18(32)13-19(33)14-22(34)42-29-26(37)24(35)25(36)27(43-29)28(38)39/h7-8,11,15-16,18-21,23-27,29,32-33,35-37H,6,9-10,12-14H2,1-5H3,(H,38,39)/t15-,16-,18+,19+,20-,21-,23-,24+,25+,26+,27-,29-/m0/s1. The molecule has 1 heterocycles. The van der Waals surface area contributed by atoms with E-state index in [-0.39, 0.29) is 42.2 Å². The molecule has 0 amide bonds. The van der Waals surface area contributed by atoms with Crippen LogP contribution in [0.2, 0.25) is 0 Å². The van der Waals surface area contributed by atoms with Crippen molar-refractivity contribution in [2.75, 3.05) is 0 Å². The Hall–Kier alpha value is -2.35. The second kappa shape index (κ2) is 14.6. The lowest BCUT2D eigenvalue weighted by atomic mass is 9.65. The Kier molecular flexibility index (Phi) is 11.9. The molecule has 0 bridgehead atoms. The number of carbonyl (C=O) groups excluding carboxylic acids is 2. The van der Waals surface area contributed by atoms with Crippen molar-refractivity contribution in [1.29, 1.82) is 0 Å². The van der Waals surface area contributed by atoms with Crippen molar-refractivity contribution in [3.05, 3.63) is 23.8 Å². The molecule has 244 valence electrons. The molecular weight excluding hydrogens is 564 g/mol. The number of hydrogen-bond acceptors (Lipinski definition) is 11. The fourth-order valence-corrected chi connectivity index (χ4v) is 6.08. The van der Waals surface area contributed by atoms with Crippen LogP contribution in [0.25, 0.3) is 0 Å². The molecule has 43 heavy (non-hydrogen) atoms. The molecule has 12 heteroatoms. The molecule has 0 aromatic carbocycles. The first-order chi connectivity index (χ1) is 20.0. The quantitative estimate of drug-likeness (QED) is 0.174. The Bertz CT molecular complexity index is 1050. The molecule has 2 aliphatic carbocycles. The van der Waals surface area contributed by atoms with Gasteiger partial charge in [0.25, 0.3) is 0 Å². The van der Waals surface area contributed by atoms with Gasteiger partial charge in [-0.15, -0.1) is 0 Å². The van der Waals surface area contributed by atoms with Crippen molar-refractivity contribution >= 4 is 17.9 Å². The molecule has 1 fully saturated rings. The van der Waals surface area contributed by atoms with Crippen LogP contribution in [0, 0.1) is 29.1 Å². The smallest absolute Gasteiger partial charge is 0.335 e. The van der Waals surface area contributed by atoms with Crippen LogP contribution in [-0.4, -0.2) is 97.6 Å². The minimum atomic E-state index is -1.93. The minimum absolute atomic E-state index is 0.0228. The van der Waals surface area contributed by atoms with Gasteiger partial charge >= 0.3 is 17.9 Å². The van der Waals surface area contributed by atoms with Crippen LogP contribution in [0.15, 0.2) is 23.8 Å². The van der Waals surface area contributed by atoms with Crippen LogP contribution in [0.3, 0.4) is 0 Å². The van der Waals surface area contributed by atoms with E-state index in [0.29, 0.717) is 25.7 Å². The number of rotatable bonds is 12. The highest BCUT2D eigenvalue weighted by atomic mass is 16.7. The number of aliphatic hydroxyl groups excluding tert-OH is 5. The third-order valence-electron chi connectivity index (χ3n) is 9.13. The molecule has 0 aromatic heterocycles. The normalized spacial score (nSPS) is 35.7. The van der Waals surface area contributed by atoms with Gasteiger partial charge in [-0.25, -0.2) is 4.79 Å². The highest BCUT2D eigenvalue weighted by molar-refractivity contribution is 5.76. The maximum atomic E-state index is 13.0. The van der Waals surface area contributed by atoms with Crippen LogP contribution >= 0.6 is 0 Å². The molecule has 6 N–H and O–H groups in total. The van der Waals surface area contributed by atoms with Crippen LogP contribution in [-0.2, 0) is 28.6 Å². The van der Waals surface area contributed by atoms with Crippen molar-refractivity contribution in [3.8, 4) is 0 Å². The molecule has 1 aliphatic heterocycles. The topological polar surface area (TPSA) is 200 Å². The Morgan fingerprint density at radius 1 is 1.05 bits per heavy atom. The summed E-state index contributed by atoms with van der Waals surface area (Å²) in [4.78, 5) is 36.6. The number of ether oxygens (including phenoxy) is 3. The summed E-state index contributed by atoms with van der Waals surface area (Å²) < 4.78 is 16.0. The van der Waals surface area contributed by atoms with Crippen molar-refractivity contribution in [1.82, 2.24) is 0 Å². The Morgan fingerprint density at radius 3 is 2.35 bits per heavy atom. The van der Waals surface area contributed by atoms with Crippen molar-refractivity contribution in [3.63, 3.8) is 0 Å². The summed E-state index contributed by atoms with van der Waals surface area (Å²) in [6, 6.07) is 0. The number of carboxylic acids is 1. The largest absolute Gasteiger partial charge is 0.479 e. The van der Waals surface area contributed by atoms with Gasteiger partial charge < -0.3 is 44.8 Å². The van der Waals surface area contributed by atoms with Crippen LogP contribution < -0.4 is 0 Å². The molecule has 0 radical (unpaired) electrons. The average molecular weight is 613 g/mol. The predicted octanol–water partition coefficient (Wildman–Crippen LogP) is 1.46. The van der Waals surface area contributed by atoms with Gasteiger partial charge in [0.1, 0.15) is 24.4 Å². The molecule has 12 atom stereocenters. The van der Waals surface area contributed by atoms with Gasteiger partial charge in [-0.3, -0.25) is 9.59 Å². The third kappa shape index (κ3) is 8.64. The lowest BCUT2D eigenvalue weighted by Gasteiger charge is -2.44. The van der Waals surface area contributed by atoms with E-state index in [0.717, 1.165) is 5.57 Å². The fourth-order valence-electron chi connectivity index (χ4n) is 6.08. The first-order valence-corrected chi connectivity index (χ1v) is 15.1. The number of esters is 2. The number of aliphatic carboxylic acids is 1. The van der Waals surface area contributed by atoms with Gasteiger partial charge in [0.15, 0.2) is 6.10 Å². The first-order valence-electron chi connectivity index (χ1n) is 15.1. The van der Waals surface area contributed by atoms with E-state index in [4.69, 9.17) is 19.3 Å². The van der Waals surface area contributed by atoms with E-state index in [1.165, 1.54) is 0 Å². The SMILES string of the molecule is CCC(C)(C)C(=O)O[C@H]1C[C@@H](C)C=C2C=C[C@H](C)[C@H](CC[C@@H](O)C[C@@H](O)CC(=O)O[C@H]3O[C@H](C(=O)O)[C@H](O)[C@@H](O)[C@H]3O)[C@H]21. The lowest BCUT2D eigenvalue weighted by molar-refractivity contribution is -0.286. The van der Waals surface area contributed by atoms with Crippen molar-refractivity contribution < 1.29 is 59.2 Å². The fraction of sp³-hybridized carbons (Fsp3) is 0.774. The number of hydrogen-bond donors (Lipinski definition) is 6. The second-order valence-electron chi connectivity index (χ2n) is 13.0. The molecular formula is C31H48O12. The summed E-state index contributed by atoms with van der Waals surface area (Å²) in [6.45, 7) is 9.90. The van der Waals surface area contributed by atoms with E-state index in [1.807, 2.05) is 20.8 Å².